The minimum Gasteiger partial charge on any atom is -0.616 e. The van der Waals surface area contributed by atoms with Gasteiger partial charge in [0.25, 0.3) is 0 Å². The summed E-state index contributed by atoms with van der Waals surface area (Å²) in [6.45, 7) is 0.311. The molecule has 0 spiro atoms. The minimum absolute atomic E-state index is 0.289. The fourth-order valence-corrected chi connectivity index (χ4v) is 2.52. The van der Waals surface area contributed by atoms with E-state index in [0.717, 1.165) is 15.2 Å². The highest BCUT2D eigenvalue weighted by Gasteiger charge is 2.08. The largest absolute Gasteiger partial charge is 0.616 e. The number of thiazole rings is 1. The van der Waals surface area contributed by atoms with E-state index in [4.69, 9.17) is 4.74 Å². The zero-order chi connectivity index (χ0) is 12.4. The van der Waals surface area contributed by atoms with Gasteiger partial charge in [-0.1, -0.05) is 12.1 Å². The van der Waals surface area contributed by atoms with Gasteiger partial charge in [-0.25, -0.2) is 4.98 Å². The molecule has 2 heterocycles. The molecule has 0 saturated carbocycles. The van der Waals surface area contributed by atoms with E-state index in [-0.39, 0.29) is 5.88 Å². The third kappa shape index (κ3) is 2.12. The number of rotatable bonds is 3. The van der Waals surface area contributed by atoms with Crippen molar-refractivity contribution >= 4 is 21.6 Å². The Morgan fingerprint density at radius 3 is 2.83 bits per heavy atom. The summed E-state index contributed by atoms with van der Waals surface area (Å²) in [6, 6.07) is 13.0. The molecular weight excluding hydrogens is 248 g/mol. The van der Waals surface area contributed by atoms with Gasteiger partial charge < -0.3 is 9.94 Å². The van der Waals surface area contributed by atoms with Gasteiger partial charge in [0.2, 0.25) is 0 Å². The molecule has 0 radical (unpaired) electrons. The first-order valence-corrected chi connectivity index (χ1v) is 6.30. The van der Waals surface area contributed by atoms with Crippen molar-refractivity contribution in [1.82, 2.24) is 4.98 Å². The quantitative estimate of drug-likeness (QED) is 0.535. The number of hydrogen-bond donors (Lipinski definition) is 0. The van der Waals surface area contributed by atoms with Gasteiger partial charge in [0.05, 0.1) is 16.3 Å². The van der Waals surface area contributed by atoms with Crippen LogP contribution in [-0.2, 0) is 6.61 Å². The Bertz CT molecular complexity index is 648. The first-order chi connectivity index (χ1) is 8.83. The number of hydrogen-bond acceptors (Lipinski definition) is 4. The van der Waals surface area contributed by atoms with Crippen LogP contribution in [0.5, 0.6) is 5.88 Å². The monoisotopic (exact) mass is 258 g/mol. The predicted molar refractivity (Wildman–Crippen MR) is 69.4 cm³/mol. The Labute approximate surface area is 108 Å². The zero-order valence-electron chi connectivity index (χ0n) is 9.45. The van der Waals surface area contributed by atoms with Crippen molar-refractivity contribution in [2.45, 2.75) is 6.61 Å². The van der Waals surface area contributed by atoms with Crippen LogP contribution in [0, 0.1) is 5.21 Å². The van der Waals surface area contributed by atoms with Gasteiger partial charge in [-0.15, -0.1) is 16.1 Å². The standard InChI is InChI=1S/C13H10N2O2S/c16-15-8-4-3-7-13(15)17-9-12-14-10-5-1-2-6-11(10)18-12/h1-8H,9H2. The molecule has 18 heavy (non-hydrogen) atoms. The predicted octanol–water partition coefficient (Wildman–Crippen LogP) is 2.51. The maximum Gasteiger partial charge on any atom is 0.379 e. The van der Waals surface area contributed by atoms with Crippen LogP contribution in [0.4, 0.5) is 0 Å². The third-order valence-corrected chi connectivity index (χ3v) is 3.48. The van der Waals surface area contributed by atoms with Crippen LogP contribution in [0.1, 0.15) is 5.01 Å². The van der Waals surface area contributed by atoms with Crippen LogP contribution in [0.3, 0.4) is 0 Å². The van der Waals surface area contributed by atoms with E-state index < -0.39 is 0 Å². The lowest BCUT2D eigenvalue weighted by Crippen LogP contribution is -2.27. The Hall–Kier alpha value is -2.14. The van der Waals surface area contributed by atoms with Crippen LogP contribution in [0.2, 0.25) is 0 Å². The lowest BCUT2D eigenvalue weighted by atomic mass is 10.3. The number of ether oxygens (including phenoxy) is 1. The van der Waals surface area contributed by atoms with E-state index >= 15 is 0 Å². The second-order valence-corrected chi connectivity index (χ2v) is 4.84. The van der Waals surface area contributed by atoms with Gasteiger partial charge in [0.15, 0.2) is 6.20 Å². The molecule has 0 N–H and O–H groups in total. The molecule has 0 amide bonds. The molecule has 0 aliphatic carbocycles. The van der Waals surface area contributed by atoms with E-state index in [2.05, 4.69) is 4.98 Å². The van der Waals surface area contributed by atoms with Gasteiger partial charge >= 0.3 is 5.88 Å². The maximum absolute atomic E-state index is 11.4. The maximum atomic E-state index is 11.4. The van der Waals surface area contributed by atoms with Gasteiger partial charge in [0.1, 0.15) is 11.6 Å². The van der Waals surface area contributed by atoms with E-state index in [1.54, 1.807) is 29.5 Å². The van der Waals surface area contributed by atoms with Gasteiger partial charge in [0, 0.05) is 6.07 Å². The molecule has 3 aromatic rings. The van der Waals surface area contributed by atoms with E-state index in [1.165, 1.54) is 6.20 Å². The number of pyridine rings is 1. The molecule has 3 rings (SSSR count). The number of fused-ring (bicyclic) bond motifs is 1. The summed E-state index contributed by atoms with van der Waals surface area (Å²) in [5, 5.41) is 12.2. The van der Waals surface area contributed by atoms with Crippen molar-refractivity contribution in [1.29, 1.82) is 0 Å². The Kier molecular flexibility index (Phi) is 2.82. The molecule has 0 bridgehead atoms. The highest BCUT2D eigenvalue weighted by molar-refractivity contribution is 7.18. The summed E-state index contributed by atoms with van der Waals surface area (Å²) in [6.07, 6.45) is 1.41. The molecule has 0 fully saturated rings. The topological polar surface area (TPSA) is 49.1 Å². The molecule has 0 aliphatic heterocycles. The Morgan fingerprint density at radius 1 is 1.17 bits per heavy atom. The lowest BCUT2D eigenvalue weighted by Gasteiger charge is -2.03. The molecule has 0 atom stereocenters. The van der Waals surface area contributed by atoms with E-state index in [9.17, 15) is 5.21 Å². The molecule has 0 aliphatic rings. The third-order valence-electron chi connectivity index (χ3n) is 2.47. The van der Waals surface area contributed by atoms with Crippen molar-refractivity contribution in [3.8, 4) is 5.88 Å². The fraction of sp³-hybridized carbons (Fsp3) is 0.0769. The van der Waals surface area contributed by atoms with Crippen LogP contribution in [0.15, 0.2) is 48.7 Å². The molecule has 90 valence electrons. The van der Waals surface area contributed by atoms with Crippen molar-refractivity contribution in [2.75, 3.05) is 0 Å². The van der Waals surface area contributed by atoms with Crippen LogP contribution < -0.4 is 9.47 Å². The molecule has 0 unspecified atom stereocenters. The van der Waals surface area contributed by atoms with Crippen molar-refractivity contribution in [3.63, 3.8) is 0 Å². The molecule has 5 heteroatoms. The van der Waals surface area contributed by atoms with Gasteiger partial charge in [-0.05, 0) is 18.2 Å². The minimum atomic E-state index is 0.289. The fourth-order valence-electron chi connectivity index (χ4n) is 1.64. The average molecular weight is 258 g/mol. The van der Waals surface area contributed by atoms with Gasteiger partial charge in [-0.2, -0.15) is 0 Å². The summed E-state index contributed by atoms with van der Waals surface area (Å²) in [5.41, 5.74) is 0.962. The second-order valence-electron chi connectivity index (χ2n) is 3.73. The van der Waals surface area contributed by atoms with Gasteiger partial charge in [-0.3, -0.25) is 0 Å². The number of benzene rings is 1. The summed E-state index contributed by atoms with van der Waals surface area (Å²) in [4.78, 5) is 4.44. The molecule has 0 saturated heterocycles. The number of para-hydroxylation sites is 1. The van der Waals surface area contributed by atoms with E-state index in [1.807, 2.05) is 24.3 Å². The molecule has 4 nitrogen and oxygen atoms in total. The molecular formula is C13H10N2O2S. The Morgan fingerprint density at radius 2 is 2.00 bits per heavy atom. The first kappa shape index (κ1) is 11.0. The van der Waals surface area contributed by atoms with Crippen LogP contribution in [-0.4, -0.2) is 4.98 Å². The summed E-state index contributed by atoms with van der Waals surface area (Å²) < 4.78 is 7.28. The summed E-state index contributed by atoms with van der Waals surface area (Å²) in [5.74, 6) is 0.289. The Balaban J connectivity index is 1.79. The van der Waals surface area contributed by atoms with Crippen molar-refractivity contribution in [2.24, 2.45) is 0 Å². The second kappa shape index (κ2) is 4.62. The van der Waals surface area contributed by atoms with E-state index in [0.29, 0.717) is 11.3 Å². The zero-order valence-corrected chi connectivity index (χ0v) is 10.3. The molecule has 2 aromatic heterocycles. The first-order valence-electron chi connectivity index (χ1n) is 5.48. The van der Waals surface area contributed by atoms with Crippen LogP contribution >= 0.6 is 11.3 Å². The van der Waals surface area contributed by atoms with Crippen molar-refractivity contribution in [3.05, 3.63) is 58.9 Å². The average Bonchev–Trinajstić information content (AvgIpc) is 2.80. The lowest BCUT2D eigenvalue weighted by molar-refractivity contribution is -0.613. The summed E-state index contributed by atoms with van der Waals surface area (Å²) in [7, 11) is 0. The smallest absolute Gasteiger partial charge is 0.379 e. The number of aromatic nitrogens is 2. The number of nitrogens with zero attached hydrogens (tertiary/aromatic N) is 2. The molecule has 1 aromatic carbocycles. The van der Waals surface area contributed by atoms with Crippen molar-refractivity contribution < 1.29 is 9.47 Å². The highest BCUT2D eigenvalue weighted by Crippen LogP contribution is 2.22. The normalized spacial score (nSPS) is 10.7. The summed E-state index contributed by atoms with van der Waals surface area (Å²) >= 11 is 1.57. The SMILES string of the molecule is [O-][n+]1ccccc1OCc1nc2ccccc2s1. The van der Waals surface area contributed by atoms with Crippen LogP contribution in [0.25, 0.3) is 10.2 Å². The highest BCUT2D eigenvalue weighted by atomic mass is 32.1.